The van der Waals surface area contributed by atoms with Gasteiger partial charge >= 0.3 is 0 Å². The van der Waals surface area contributed by atoms with Gasteiger partial charge < -0.3 is 9.88 Å². The molecular weight excluding hydrogens is 360 g/mol. The summed E-state index contributed by atoms with van der Waals surface area (Å²) in [5.41, 5.74) is 2.94. The number of rotatable bonds is 3. The normalized spacial score (nSPS) is 13.5. The first-order valence-electron chi connectivity index (χ1n) is 8.97. The van der Waals surface area contributed by atoms with Gasteiger partial charge in [0.05, 0.1) is 10.9 Å². The van der Waals surface area contributed by atoms with E-state index in [2.05, 4.69) is 41.0 Å². The Morgan fingerprint density at radius 3 is 2.85 bits per heavy atom. The van der Waals surface area contributed by atoms with Gasteiger partial charge in [-0.1, -0.05) is 29.5 Å². The molecule has 0 bridgehead atoms. The first kappa shape index (κ1) is 17.6. The van der Waals surface area contributed by atoms with Gasteiger partial charge in [-0.15, -0.1) is 0 Å². The van der Waals surface area contributed by atoms with Gasteiger partial charge in [0.25, 0.3) is 5.91 Å². The second kappa shape index (κ2) is 7.05. The van der Waals surface area contributed by atoms with Crippen molar-refractivity contribution in [1.82, 2.24) is 19.9 Å². The van der Waals surface area contributed by atoms with E-state index in [1.807, 2.05) is 29.0 Å². The minimum atomic E-state index is -0.0472. The van der Waals surface area contributed by atoms with Crippen LogP contribution in [0.2, 0.25) is 5.15 Å². The molecular formula is C21H19ClN4O. The van der Waals surface area contributed by atoms with E-state index < -0.39 is 0 Å². The second-order valence-corrected chi connectivity index (χ2v) is 7.34. The molecule has 6 heteroatoms. The van der Waals surface area contributed by atoms with Crippen LogP contribution in [0.5, 0.6) is 0 Å². The summed E-state index contributed by atoms with van der Waals surface area (Å²) in [7, 11) is 0. The number of nitrogens with zero attached hydrogens (tertiary/aromatic N) is 3. The number of carbonyl (C=O) groups excluding carboxylic acids is 1. The maximum atomic E-state index is 12.2. The smallest absolute Gasteiger partial charge is 0.251 e. The minimum Gasteiger partial charge on any atom is -0.349 e. The van der Waals surface area contributed by atoms with E-state index in [-0.39, 0.29) is 11.9 Å². The van der Waals surface area contributed by atoms with Crippen molar-refractivity contribution < 1.29 is 4.79 Å². The lowest BCUT2D eigenvalue weighted by molar-refractivity contribution is 0.0951. The molecule has 0 radical (unpaired) electrons. The fraction of sp³-hybridized carbons (Fsp3) is 0.286. The van der Waals surface area contributed by atoms with E-state index in [0.29, 0.717) is 16.8 Å². The van der Waals surface area contributed by atoms with E-state index in [1.165, 1.54) is 6.33 Å². The van der Waals surface area contributed by atoms with Gasteiger partial charge in [-0.25, -0.2) is 9.97 Å². The number of carbonyl (C=O) groups is 1. The predicted octanol–water partition coefficient (Wildman–Crippen LogP) is 3.96. The van der Waals surface area contributed by atoms with Gasteiger partial charge in [0.1, 0.15) is 17.1 Å². The Kier molecular flexibility index (Phi) is 4.59. The summed E-state index contributed by atoms with van der Waals surface area (Å²) in [6, 6.07) is 7.91. The average molecular weight is 379 g/mol. The van der Waals surface area contributed by atoms with Gasteiger partial charge in [-0.2, -0.15) is 0 Å². The molecule has 0 atom stereocenters. The fourth-order valence-electron chi connectivity index (χ4n) is 2.91. The van der Waals surface area contributed by atoms with E-state index in [0.717, 1.165) is 35.0 Å². The molecule has 4 rings (SSSR count). The highest BCUT2D eigenvalue weighted by molar-refractivity contribution is 6.34. The Bertz CT molecular complexity index is 1090. The van der Waals surface area contributed by atoms with Gasteiger partial charge in [-0.3, -0.25) is 4.79 Å². The Morgan fingerprint density at radius 2 is 2.11 bits per heavy atom. The van der Waals surface area contributed by atoms with Crippen LogP contribution in [0.1, 0.15) is 54.2 Å². The molecule has 1 aromatic carbocycles. The Morgan fingerprint density at radius 1 is 1.30 bits per heavy atom. The number of hydrogen-bond donors (Lipinski definition) is 1. The molecule has 136 valence electrons. The third-order valence-electron chi connectivity index (χ3n) is 4.50. The molecule has 1 saturated carbocycles. The highest BCUT2D eigenvalue weighted by Gasteiger charge is 2.23. The van der Waals surface area contributed by atoms with Crippen molar-refractivity contribution in [3.63, 3.8) is 0 Å². The van der Waals surface area contributed by atoms with Crippen LogP contribution in [-0.4, -0.2) is 26.5 Å². The van der Waals surface area contributed by atoms with Crippen LogP contribution in [-0.2, 0) is 0 Å². The van der Waals surface area contributed by atoms with Crippen LogP contribution in [0.15, 0.2) is 36.8 Å². The first-order valence-corrected chi connectivity index (χ1v) is 9.34. The van der Waals surface area contributed by atoms with Gasteiger partial charge in [0.15, 0.2) is 0 Å². The molecule has 1 aliphatic rings. The first-order chi connectivity index (χ1) is 13.0. The molecule has 1 N–H and O–H groups in total. The molecule has 2 aromatic heterocycles. The summed E-state index contributed by atoms with van der Waals surface area (Å²) in [5.74, 6) is 6.26. The molecule has 2 heterocycles. The number of benzene rings is 1. The van der Waals surface area contributed by atoms with Crippen molar-refractivity contribution in [3.8, 4) is 11.8 Å². The van der Waals surface area contributed by atoms with Crippen molar-refractivity contribution in [2.45, 2.75) is 38.8 Å². The third kappa shape index (κ3) is 3.67. The van der Waals surface area contributed by atoms with E-state index in [1.54, 1.807) is 6.07 Å². The van der Waals surface area contributed by atoms with Gasteiger partial charge in [0.2, 0.25) is 0 Å². The lowest BCUT2D eigenvalue weighted by atomic mass is 10.1. The zero-order valence-corrected chi connectivity index (χ0v) is 15.9. The molecule has 3 aromatic rings. The number of halogens is 1. The van der Waals surface area contributed by atoms with Crippen LogP contribution in [0.4, 0.5) is 0 Å². The molecule has 0 saturated heterocycles. The molecule has 1 fully saturated rings. The Labute approximate surface area is 162 Å². The number of aromatic nitrogens is 3. The summed E-state index contributed by atoms with van der Waals surface area (Å²) in [5, 5.41) is 4.14. The SMILES string of the molecule is CC(C)n1cc(C#Cc2cccc(C(=O)NC3CC3)c2)c2c(Cl)ncnc21. The number of fused-ring (bicyclic) bond motifs is 1. The topological polar surface area (TPSA) is 59.8 Å². The predicted molar refractivity (Wildman–Crippen MR) is 106 cm³/mol. The third-order valence-corrected chi connectivity index (χ3v) is 4.78. The maximum Gasteiger partial charge on any atom is 0.251 e. The van der Waals surface area contributed by atoms with Crippen LogP contribution in [0, 0.1) is 11.8 Å². The Balaban J connectivity index is 1.69. The Hall–Kier alpha value is -2.84. The minimum absolute atomic E-state index is 0.0472. The number of nitrogens with one attached hydrogen (secondary N) is 1. The monoisotopic (exact) mass is 378 g/mol. The molecule has 0 spiro atoms. The van der Waals surface area contributed by atoms with Gasteiger partial charge in [0, 0.05) is 29.4 Å². The summed E-state index contributed by atoms with van der Waals surface area (Å²) >= 11 is 6.30. The van der Waals surface area contributed by atoms with Crippen LogP contribution in [0.3, 0.4) is 0 Å². The van der Waals surface area contributed by atoms with Gasteiger partial charge in [-0.05, 0) is 44.9 Å². The zero-order chi connectivity index (χ0) is 19.0. The van der Waals surface area contributed by atoms with Crippen molar-refractivity contribution >= 4 is 28.5 Å². The number of amides is 1. The van der Waals surface area contributed by atoms with Crippen molar-refractivity contribution in [2.75, 3.05) is 0 Å². The van der Waals surface area contributed by atoms with Crippen molar-refractivity contribution in [3.05, 3.63) is 58.6 Å². The summed E-state index contributed by atoms with van der Waals surface area (Å²) in [4.78, 5) is 20.7. The summed E-state index contributed by atoms with van der Waals surface area (Å²) in [6.07, 6.45) is 5.54. The largest absolute Gasteiger partial charge is 0.349 e. The molecule has 1 aliphatic carbocycles. The standard InChI is InChI=1S/C21H19ClN4O/c1-13(2)26-11-16(18-19(22)23-12-24-20(18)26)7-6-14-4-3-5-15(10-14)21(27)25-17-8-9-17/h3-5,10-13,17H,8-9H2,1-2H3,(H,25,27). The molecule has 0 aliphatic heterocycles. The maximum absolute atomic E-state index is 12.2. The highest BCUT2D eigenvalue weighted by Crippen LogP contribution is 2.27. The lowest BCUT2D eigenvalue weighted by Crippen LogP contribution is -2.25. The van der Waals surface area contributed by atoms with E-state index in [4.69, 9.17) is 11.6 Å². The second-order valence-electron chi connectivity index (χ2n) is 6.99. The van der Waals surface area contributed by atoms with Crippen molar-refractivity contribution in [1.29, 1.82) is 0 Å². The van der Waals surface area contributed by atoms with Crippen molar-refractivity contribution in [2.24, 2.45) is 0 Å². The van der Waals surface area contributed by atoms with E-state index in [9.17, 15) is 4.79 Å². The zero-order valence-electron chi connectivity index (χ0n) is 15.2. The molecule has 0 unspecified atom stereocenters. The van der Waals surface area contributed by atoms with Crippen LogP contribution < -0.4 is 5.32 Å². The average Bonchev–Trinajstić information content (AvgIpc) is 3.38. The summed E-state index contributed by atoms with van der Waals surface area (Å²) in [6.45, 7) is 4.16. The quantitative estimate of drug-likeness (QED) is 0.554. The number of hydrogen-bond acceptors (Lipinski definition) is 3. The lowest BCUT2D eigenvalue weighted by Gasteiger charge is -2.07. The van der Waals surface area contributed by atoms with Crippen LogP contribution in [0.25, 0.3) is 11.0 Å². The van der Waals surface area contributed by atoms with E-state index >= 15 is 0 Å². The highest BCUT2D eigenvalue weighted by atomic mass is 35.5. The summed E-state index contributed by atoms with van der Waals surface area (Å²) < 4.78 is 2.03. The fourth-order valence-corrected chi connectivity index (χ4v) is 3.14. The molecule has 1 amide bonds. The molecule has 27 heavy (non-hydrogen) atoms. The molecule has 5 nitrogen and oxygen atoms in total. The van der Waals surface area contributed by atoms with Crippen LogP contribution >= 0.6 is 11.6 Å².